The van der Waals surface area contributed by atoms with Gasteiger partial charge in [-0.15, -0.1) is 0 Å². The fourth-order valence-corrected chi connectivity index (χ4v) is 1.90. The van der Waals surface area contributed by atoms with Gasteiger partial charge in [-0.1, -0.05) is 19.9 Å². The van der Waals surface area contributed by atoms with Gasteiger partial charge in [0.2, 0.25) is 0 Å². The minimum atomic E-state index is -0.167. The highest BCUT2D eigenvalue weighted by molar-refractivity contribution is 5.95. The molecule has 1 atom stereocenters. The van der Waals surface area contributed by atoms with Crippen LogP contribution in [0.2, 0.25) is 0 Å². The lowest BCUT2D eigenvalue weighted by Crippen LogP contribution is -2.25. The molecule has 88 valence electrons. The van der Waals surface area contributed by atoms with E-state index in [9.17, 15) is 4.79 Å². The second-order valence-corrected chi connectivity index (χ2v) is 4.44. The first kappa shape index (κ1) is 11.5. The topological polar surface area (TPSA) is 62.1 Å². The lowest BCUT2D eigenvalue weighted by atomic mass is 9.89. The summed E-state index contributed by atoms with van der Waals surface area (Å²) in [6, 6.07) is 7.78. The summed E-state index contributed by atoms with van der Waals surface area (Å²) in [6.07, 6.45) is 0. The molecule has 0 saturated heterocycles. The number of nitrogens with one attached hydrogen (secondary N) is 1. The maximum atomic E-state index is 11.2. The standard InChI is InChI=1S/C13H14N2O2/c1-8(2)10(6-14)9-3-4-12-11(5-9)15-13(16)7-17-12/h3-5,8,10H,7H2,1-2H3,(H,15,16). The molecule has 1 amide bonds. The molecule has 2 rings (SSSR count). The third kappa shape index (κ3) is 2.23. The first-order chi connectivity index (χ1) is 8.11. The van der Waals surface area contributed by atoms with E-state index in [-0.39, 0.29) is 24.3 Å². The summed E-state index contributed by atoms with van der Waals surface area (Å²) in [5, 5.41) is 11.9. The number of hydrogen-bond acceptors (Lipinski definition) is 3. The van der Waals surface area contributed by atoms with Crippen molar-refractivity contribution in [1.29, 1.82) is 5.26 Å². The van der Waals surface area contributed by atoms with Crippen LogP contribution in [0.15, 0.2) is 18.2 Å². The van der Waals surface area contributed by atoms with E-state index in [0.717, 1.165) is 5.56 Å². The van der Waals surface area contributed by atoms with Crippen LogP contribution in [-0.2, 0) is 4.79 Å². The van der Waals surface area contributed by atoms with E-state index in [1.54, 1.807) is 6.07 Å². The Kier molecular flexibility index (Phi) is 3.01. The van der Waals surface area contributed by atoms with Crippen LogP contribution in [0.1, 0.15) is 25.3 Å². The van der Waals surface area contributed by atoms with Crippen LogP contribution in [0, 0.1) is 17.2 Å². The van der Waals surface area contributed by atoms with Crippen molar-refractivity contribution in [3.8, 4) is 11.8 Å². The predicted octanol–water partition coefficient (Wildman–Crippen LogP) is 2.28. The average molecular weight is 230 g/mol. The largest absolute Gasteiger partial charge is 0.482 e. The molecule has 4 heteroatoms. The van der Waals surface area contributed by atoms with Gasteiger partial charge in [0.1, 0.15) is 5.75 Å². The third-order valence-corrected chi connectivity index (χ3v) is 2.80. The molecule has 0 bridgehead atoms. The Morgan fingerprint density at radius 2 is 2.24 bits per heavy atom. The highest BCUT2D eigenvalue weighted by Gasteiger charge is 2.20. The van der Waals surface area contributed by atoms with Crippen LogP contribution in [0.3, 0.4) is 0 Å². The number of ether oxygens (including phenoxy) is 1. The summed E-state index contributed by atoms with van der Waals surface area (Å²) in [5.41, 5.74) is 1.56. The summed E-state index contributed by atoms with van der Waals surface area (Å²) >= 11 is 0. The number of carbonyl (C=O) groups excluding carboxylic acids is 1. The molecular weight excluding hydrogens is 216 g/mol. The number of nitriles is 1. The lowest BCUT2D eigenvalue weighted by Gasteiger charge is -2.20. The number of anilines is 1. The molecule has 0 spiro atoms. The van der Waals surface area contributed by atoms with Gasteiger partial charge in [-0.3, -0.25) is 4.79 Å². The van der Waals surface area contributed by atoms with E-state index in [1.165, 1.54) is 0 Å². The zero-order valence-corrected chi connectivity index (χ0v) is 9.86. The van der Waals surface area contributed by atoms with Crippen LogP contribution in [0.25, 0.3) is 0 Å². The van der Waals surface area contributed by atoms with Gasteiger partial charge in [-0.05, 0) is 23.6 Å². The van der Waals surface area contributed by atoms with Crippen molar-refractivity contribution in [1.82, 2.24) is 0 Å². The second-order valence-electron chi connectivity index (χ2n) is 4.44. The molecule has 1 aliphatic heterocycles. The number of carbonyl (C=O) groups is 1. The van der Waals surface area contributed by atoms with Crippen molar-refractivity contribution in [2.75, 3.05) is 11.9 Å². The van der Waals surface area contributed by atoms with E-state index in [2.05, 4.69) is 11.4 Å². The van der Waals surface area contributed by atoms with Crippen molar-refractivity contribution in [3.05, 3.63) is 23.8 Å². The smallest absolute Gasteiger partial charge is 0.262 e. The molecule has 1 aromatic carbocycles. The maximum absolute atomic E-state index is 11.2. The number of amides is 1. The molecule has 0 saturated carbocycles. The number of fused-ring (bicyclic) bond motifs is 1. The Labute approximate surface area is 100 Å². The van der Waals surface area contributed by atoms with Crippen LogP contribution in [-0.4, -0.2) is 12.5 Å². The summed E-state index contributed by atoms with van der Waals surface area (Å²) in [5.74, 6) is 0.568. The Balaban J connectivity index is 2.36. The van der Waals surface area contributed by atoms with Crippen LogP contribution in [0.5, 0.6) is 5.75 Å². The molecule has 4 nitrogen and oxygen atoms in total. The summed E-state index contributed by atoms with van der Waals surface area (Å²) in [7, 11) is 0. The molecule has 17 heavy (non-hydrogen) atoms. The Morgan fingerprint density at radius 3 is 2.88 bits per heavy atom. The van der Waals surface area contributed by atoms with Gasteiger partial charge in [0, 0.05) is 0 Å². The maximum Gasteiger partial charge on any atom is 0.262 e. The zero-order valence-electron chi connectivity index (χ0n) is 9.86. The molecule has 0 aromatic heterocycles. The molecule has 1 unspecified atom stereocenters. The van der Waals surface area contributed by atoms with E-state index >= 15 is 0 Å². The normalized spacial score (nSPS) is 15.5. The van der Waals surface area contributed by atoms with Crippen molar-refractivity contribution in [2.45, 2.75) is 19.8 Å². The second kappa shape index (κ2) is 4.46. The minimum absolute atomic E-state index is 0.0538. The average Bonchev–Trinajstić information content (AvgIpc) is 2.29. The molecule has 1 aromatic rings. The van der Waals surface area contributed by atoms with Crippen molar-refractivity contribution in [2.24, 2.45) is 5.92 Å². The van der Waals surface area contributed by atoms with E-state index in [4.69, 9.17) is 10.00 Å². The highest BCUT2D eigenvalue weighted by Crippen LogP contribution is 2.33. The van der Waals surface area contributed by atoms with Gasteiger partial charge in [0.15, 0.2) is 6.61 Å². The molecule has 0 fully saturated rings. The van der Waals surface area contributed by atoms with Crippen LogP contribution >= 0.6 is 0 Å². The Morgan fingerprint density at radius 1 is 1.47 bits per heavy atom. The number of nitrogens with zero attached hydrogens (tertiary/aromatic N) is 1. The van der Waals surface area contributed by atoms with Crippen molar-refractivity contribution in [3.63, 3.8) is 0 Å². The van der Waals surface area contributed by atoms with Crippen LogP contribution < -0.4 is 10.1 Å². The van der Waals surface area contributed by atoms with Crippen molar-refractivity contribution < 1.29 is 9.53 Å². The fourth-order valence-electron chi connectivity index (χ4n) is 1.90. The first-order valence-electron chi connectivity index (χ1n) is 5.58. The number of rotatable bonds is 2. The minimum Gasteiger partial charge on any atom is -0.482 e. The SMILES string of the molecule is CC(C)C(C#N)c1ccc2c(c1)NC(=O)CO2. The van der Waals surface area contributed by atoms with Gasteiger partial charge in [0.25, 0.3) is 5.91 Å². The van der Waals surface area contributed by atoms with Gasteiger partial charge in [0.05, 0.1) is 17.7 Å². The highest BCUT2D eigenvalue weighted by atomic mass is 16.5. The van der Waals surface area contributed by atoms with Crippen LogP contribution in [0.4, 0.5) is 5.69 Å². The summed E-state index contributed by atoms with van der Waals surface area (Å²) in [6.45, 7) is 4.06. The number of hydrogen-bond donors (Lipinski definition) is 1. The Bertz CT molecular complexity index is 489. The third-order valence-electron chi connectivity index (χ3n) is 2.80. The fraction of sp³-hybridized carbons (Fsp3) is 0.385. The summed E-state index contributed by atoms with van der Waals surface area (Å²) < 4.78 is 5.27. The van der Waals surface area contributed by atoms with Gasteiger partial charge < -0.3 is 10.1 Å². The van der Waals surface area contributed by atoms with E-state index in [1.807, 2.05) is 26.0 Å². The molecule has 0 radical (unpaired) electrons. The molecule has 0 aliphatic carbocycles. The Hall–Kier alpha value is -2.02. The first-order valence-corrected chi connectivity index (χ1v) is 5.58. The lowest BCUT2D eigenvalue weighted by molar-refractivity contribution is -0.118. The molecular formula is C13H14N2O2. The molecule has 1 aliphatic rings. The van der Waals surface area contributed by atoms with Gasteiger partial charge in [-0.25, -0.2) is 0 Å². The molecule has 1 heterocycles. The van der Waals surface area contributed by atoms with E-state index < -0.39 is 0 Å². The number of benzene rings is 1. The van der Waals surface area contributed by atoms with E-state index in [0.29, 0.717) is 11.4 Å². The molecule has 1 N–H and O–H groups in total. The quantitative estimate of drug-likeness (QED) is 0.847. The van der Waals surface area contributed by atoms with Gasteiger partial charge in [-0.2, -0.15) is 5.26 Å². The van der Waals surface area contributed by atoms with Gasteiger partial charge >= 0.3 is 0 Å². The monoisotopic (exact) mass is 230 g/mol. The predicted molar refractivity (Wildman–Crippen MR) is 63.8 cm³/mol. The van der Waals surface area contributed by atoms with Crippen molar-refractivity contribution >= 4 is 11.6 Å². The summed E-state index contributed by atoms with van der Waals surface area (Å²) in [4.78, 5) is 11.2. The zero-order chi connectivity index (χ0) is 12.4.